The molecule has 3 aromatic carbocycles. The van der Waals surface area contributed by atoms with Crippen molar-refractivity contribution >= 4 is 26.6 Å². The number of nitrogens with zero attached hydrogens (tertiary/aromatic N) is 3. The Morgan fingerprint density at radius 3 is 2.34 bits per heavy atom. The Balaban J connectivity index is 1.55. The van der Waals surface area contributed by atoms with Crippen molar-refractivity contribution in [3.63, 3.8) is 0 Å². The van der Waals surface area contributed by atoms with Crippen molar-refractivity contribution in [3.8, 4) is 0 Å². The van der Waals surface area contributed by atoms with Gasteiger partial charge >= 0.3 is 0 Å². The molecule has 0 saturated carbocycles. The first-order valence-electron chi connectivity index (χ1n) is 11.3. The van der Waals surface area contributed by atoms with Gasteiger partial charge in [0.1, 0.15) is 0 Å². The molecule has 2 heterocycles. The fourth-order valence-electron chi connectivity index (χ4n) is 5.08. The van der Waals surface area contributed by atoms with Crippen molar-refractivity contribution in [3.05, 3.63) is 118 Å². The third-order valence-corrected chi connectivity index (χ3v) is 8.64. The Bertz CT molecular complexity index is 1530. The fourth-order valence-corrected chi connectivity index (χ4v) is 6.55. The predicted octanol–water partition coefficient (Wildman–Crippen LogP) is 5.10. The maximum absolute atomic E-state index is 13.4. The van der Waals surface area contributed by atoms with Crippen LogP contribution in [0, 0.1) is 16.0 Å². The monoisotopic (exact) mass is 487 g/mol. The highest BCUT2D eigenvalue weighted by Crippen LogP contribution is 2.43. The fraction of sp³-hybridized carbons (Fsp3) is 0.185. The Morgan fingerprint density at radius 2 is 1.66 bits per heavy atom. The van der Waals surface area contributed by atoms with Crippen molar-refractivity contribution in [2.24, 2.45) is 13.0 Å². The van der Waals surface area contributed by atoms with Gasteiger partial charge in [-0.05, 0) is 29.3 Å². The van der Waals surface area contributed by atoms with Gasteiger partial charge in [-0.1, -0.05) is 60.7 Å². The lowest BCUT2D eigenvalue weighted by Gasteiger charge is -2.25. The van der Waals surface area contributed by atoms with Gasteiger partial charge < -0.3 is 4.57 Å². The number of aromatic nitrogens is 1. The van der Waals surface area contributed by atoms with E-state index in [2.05, 4.69) is 41.6 Å². The van der Waals surface area contributed by atoms with Gasteiger partial charge in [-0.3, -0.25) is 10.1 Å². The van der Waals surface area contributed by atoms with E-state index in [9.17, 15) is 18.5 Å². The summed E-state index contributed by atoms with van der Waals surface area (Å²) in [6.07, 6.45) is 2.13. The zero-order chi connectivity index (χ0) is 24.7. The molecule has 1 fully saturated rings. The number of nitro groups is 1. The lowest BCUT2D eigenvalue weighted by molar-refractivity contribution is -0.384. The van der Waals surface area contributed by atoms with Gasteiger partial charge in [0.05, 0.1) is 9.82 Å². The molecule has 0 aliphatic carbocycles. The van der Waals surface area contributed by atoms with E-state index in [4.69, 9.17) is 0 Å². The summed E-state index contributed by atoms with van der Waals surface area (Å²) in [6, 6.07) is 23.4. The van der Waals surface area contributed by atoms with Gasteiger partial charge in [0.25, 0.3) is 5.69 Å². The third kappa shape index (κ3) is 4.05. The number of benzene rings is 3. The Hall–Kier alpha value is -3.75. The molecule has 1 aliphatic heterocycles. The van der Waals surface area contributed by atoms with E-state index >= 15 is 0 Å². The van der Waals surface area contributed by atoms with Crippen molar-refractivity contribution < 1.29 is 13.3 Å². The van der Waals surface area contributed by atoms with E-state index in [1.165, 1.54) is 28.6 Å². The largest absolute Gasteiger partial charge is 0.350 e. The van der Waals surface area contributed by atoms with Gasteiger partial charge in [0, 0.05) is 61.2 Å². The number of aryl methyl sites for hydroxylation is 1. The van der Waals surface area contributed by atoms with Crippen molar-refractivity contribution in [1.29, 1.82) is 0 Å². The maximum atomic E-state index is 13.4. The Kier molecular flexibility index (Phi) is 5.78. The normalized spacial score (nSPS) is 17.6. The molecule has 0 bridgehead atoms. The van der Waals surface area contributed by atoms with Crippen LogP contribution in [0.15, 0.2) is 102 Å². The van der Waals surface area contributed by atoms with E-state index in [1.54, 1.807) is 0 Å². The third-order valence-electron chi connectivity index (χ3n) is 6.81. The number of para-hydroxylation sites is 1. The number of hydrogen-bond donors (Lipinski definition) is 0. The second-order valence-electron chi connectivity index (χ2n) is 8.91. The lowest BCUT2D eigenvalue weighted by Crippen LogP contribution is -2.30. The van der Waals surface area contributed by atoms with Crippen LogP contribution < -0.4 is 0 Å². The number of sulfonamides is 1. The molecule has 8 heteroatoms. The van der Waals surface area contributed by atoms with E-state index in [1.807, 2.05) is 37.4 Å². The second kappa shape index (κ2) is 8.79. The topological polar surface area (TPSA) is 85.4 Å². The molecule has 1 aliphatic rings. The first kappa shape index (κ1) is 23.0. The smallest absolute Gasteiger partial charge is 0.269 e. The summed E-state index contributed by atoms with van der Waals surface area (Å²) < 4.78 is 30.4. The zero-order valence-electron chi connectivity index (χ0n) is 19.2. The molecule has 0 unspecified atom stereocenters. The first-order valence-corrected chi connectivity index (χ1v) is 12.7. The second-order valence-corrected chi connectivity index (χ2v) is 10.9. The molecular weight excluding hydrogens is 462 g/mol. The molecular formula is C27H25N3O4S. The first-order chi connectivity index (χ1) is 16.8. The molecule has 1 saturated heterocycles. The molecule has 0 radical (unpaired) electrons. The van der Waals surface area contributed by atoms with Crippen LogP contribution in [-0.2, 0) is 17.1 Å². The minimum absolute atomic E-state index is 0.0398. The summed E-state index contributed by atoms with van der Waals surface area (Å²) in [6.45, 7) is 4.77. The number of non-ortho nitro benzene ring substituents is 1. The van der Waals surface area contributed by atoms with Crippen LogP contribution in [0.5, 0.6) is 0 Å². The van der Waals surface area contributed by atoms with Crippen molar-refractivity contribution in [1.82, 2.24) is 8.87 Å². The average molecular weight is 488 g/mol. The molecule has 2 atom stereocenters. The predicted molar refractivity (Wildman–Crippen MR) is 136 cm³/mol. The number of rotatable bonds is 6. The summed E-state index contributed by atoms with van der Waals surface area (Å²) in [7, 11) is -1.82. The van der Waals surface area contributed by atoms with Crippen molar-refractivity contribution in [2.45, 2.75) is 10.8 Å². The Labute approximate surface area is 204 Å². The average Bonchev–Trinajstić information content (AvgIpc) is 3.41. The number of fused-ring (bicyclic) bond motifs is 1. The van der Waals surface area contributed by atoms with Gasteiger partial charge in [-0.25, -0.2) is 8.42 Å². The molecule has 0 amide bonds. The molecule has 1 aromatic heterocycles. The summed E-state index contributed by atoms with van der Waals surface area (Å²) in [4.78, 5) is 10.5. The van der Waals surface area contributed by atoms with Gasteiger partial charge in [0.15, 0.2) is 0 Å². The summed E-state index contributed by atoms with van der Waals surface area (Å²) in [5, 5.41) is 12.1. The summed E-state index contributed by atoms with van der Waals surface area (Å²) >= 11 is 0. The highest BCUT2D eigenvalue weighted by atomic mass is 32.2. The highest BCUT2D eigenvalue weighted by Gasteiger charge is 2.40. The molecule has 178 valence electrons. The molecule has 0 spiro atoms. The summed E-state index contributed by atoms with van der Waals surface area (Å²) in [5.41, 5.74) is 4.05. The van der Waals surface area contributed by atoms with Crippen LogP contribution in [0.1, 0.15) is 17.0 Å². The van der Waals surface area contributed by atoms with Crippen LogP contribution >= 0.6 is 0 Å². The lowest BCUT2D eigenvalue weighted by atomic mass is 9.78. The minimum atomic E-state index is -3.84. The van der Waals surface area contributed by atoms with E-state index in [-0.39, 0.29) is 35.5 Å². The molecule has 5 rings (SSSR count). The quantitative estimate of drug-likeness (QED) is 0.215. The van der Waals surface area contributed by atoms with E-state index in [0.29, 0.717) is 0 Å². The van der Waals surface area contributed by atoms with Gasteiger partial charge in [0.2, 0.25) is 10.0 Å². The van der Waals surface area contributed by atoms with Crippen LogP contribution in [0.4, 0.5) is 5.69 Å². The Morgan fingerprint density at radius 1 is 1.00 bits per heavy atom. The molecule has 35 heavy (non-hydrogen) atoms. The van der Waals surface area contributed by atoms with Crippen LogP contribution in [0.2, 0.25) is 0 Å². The number of nitro benzene ring substituents is 1. The zero-order valence-corrected chi connectivity index (χ0v) is 20.1. The van der Waals surface area contributed by atoms with Crippen LogP contribution in [-0.4, -0.2) is 35.3 Å². The highest BCUT2D eigenvalue weighted by molar-refractivity contribution is 7.89. The van der Waals surface area contributed by atoms with E-state index in [0.717, 1.165) is 27.6 Å². The van der Waals surface area contributed by atoms with E-state index < -0.39 is 14.9 Å². The minimum Gasteiger partial charge on any atom is -0.350 e. The standard InChI is InChI=1S/C27H25N3O4S/c1-19-16-29(35(33,34)22-14-12-21(13-15-22)30(31)32)18-24(19)27(20-8-4-3-5-9-20)25-17-28(2)26-11-7-6-10-23(25)26/h3-15,17,24,27H,1,16,18H2,2H3/t24-,27-/m0/s1. The molecule has 4 aromatic rings. The van der Waals surface area contributed by atoms with Crippen molar-refractivity contribution in [2.75, 3.05) is 13.1 Å². The van der Waals surface area contributed by atoms with Crippen LogP contribution in [0.3, 0.4) is 0 Å². The molecule has 7 nitrogen and oxygen atoms in total. The van der Waals surface area contributed by atoms with Crippen LogP contribution in [0.25, 0.3) is 10.9 Å². The molecule has 0 N–H and O–H groups in total. The van der Waals surface area contributed by atoms with Gasteiger partial charge in [-0.15, -0.1) is 0 Å². The maximum Gasteiger partial charge on any atom is 0.269 e. The number of hydrogen-bond acceptors (Lipinski definition) is 4. The van der Waals surface area contributed by atoms with Gasteiger partial charge in [-0.2, -0.15) is 4.31 Å². The summed E-state index contributed by atoms with van der Waals surface area (Å²) in [5.74, 6) is -0.206. The SMILES string of the molecule is C=C1CN(S(=O)(=O)c2ccc([N+](=O)[O-])cc2)C[C@@H]1[C@H](c1ccccc1)c1cn(C)c2ccccc12.